The predicted molar refractivity (Wildman–Crippen MR) is 80.9 cm³/mol. The second-order valence-corrected chi connectivity index (χ2v) is 4.88. The molecular formula is C14H31N3O3. The first kappa shape index (κ1) is 19.3. The molecule has 0 fully saturated rings. The van der Waals surface area contributed by atoms with E-state index >= 15 is 0 Å². The van der Waals surface area contributed by atoms with Gasteiger partial charge in [0.1, 0.15) is 0 Å². The quantitative estimate of drug-likeness (QED) is 0.392. The lowest BCUT2D eigenvalue weighted by atomic mass is 10.2. The molecule has 0 aliphatic carbocycles. The molecule has 0 atom stereocenters. The van der Waals surface area contributed by atoms with Crippen LogP contribution < -0.4 is 16.0 Å². The molecule has 0 aromatic rings. The average Bonchev–Trinajstić information content (AvgIpc) is 2.43. The molecule has 120 valence electrons. The molecule has 20 heavy (non-hydrogen) atoms. The van der Waals surface area contributed by atoms with Crippen molar-refractivity contribution >= 4 is 5.91 Å². The van der Waals surface area contributed by atoms with E-state index in [0.29, 0.717) is 19.8 Å². The van der Waals surface area contributed by atoms with Crippen LogP contribution in [0.3, 0.4) is 0 Å². The lowest BCUT2D eigenvalue weighted by molar-refractivity contribution is -0.124. The Morgan fingerprint density at radius 1 is 0.950 bits per heavy atom. The van der Waals surface area contributed by atoms with Gasteiger partial charge in [0, 0.05) is 38.7 Å². The number of ether oxygens (including phenoxy) is 2. The Labute approximate surface area is 123 Å². The number of carbonyl (C=O) groups is 1. The Kier molecular flexibility index (Phi) is 14.2. The topological polar surface area (TPSA) is 71.6 Å². The first-order valence-electron chi connectivity index (χ1n) is 7.47. The van der Waals surface area contributed by atoms with Crippen LogP contribution in [0.4, 0.5) is 0 Å². The summed E-state index contributed by atoms with van der Waals surface area (Å²) in [4.78, 5) is 11.3. The lowest BCUT2D eigenvalue weighted by Crippen LogP contribution is -2.29. The standard InChI is InChI=1S/C14H31N3O3/c1-13(2)14(18)17-5-4-9-19-11-7-16-8-12-20-10-6-15-3/h13,15-16H,4-12H2,1-3H3,(H,17,18). The highest BCUT2D eigenvalue weighted by Gasteiger charge is 2.04. The molecule has 0 aliphatic heterocycles. The van der Waals surface area contributed by atoms with Gasteiger partial charge in [0.05, 0.1) is 19.8 Å². The van der Waals surface area contributed by atoms with Crippen molar-refractivity contribution in [2.45, 2.75) is 20.3 Å². The molecular weight excluding hydrogens is 258 g/mol. The largest absolute Gasteiger partial charge is 0.380 e. The zero-order valence-electron chi connectivity index (χ0n) is 13.2. The summed E-state index contributed by atoms with van der Waals surface area (Å²) >= 11 is 0. The summed E-state index contributed by atoms with van der Waals surface area (Å²) in [5.74, 6) is 0.153. The van der Waals surface area contributed by atoms with Crippen LogP contribution in [0.1, 0.15) is 20.3 Å². The molecule has 0 saturated heterocycles. The van der Waals surface area contributed by atoms with Crippen molar-refractivity contribution < 1.29 is 14.3 Å². The van der Waals surface area contributed by atoms with E-state index in [9.17, 15) is 4.79 Å². The Morgan fingerprint density at radius 2 is 1.55 bits per heavy atom. The van der Waals surface area contributed by atoms with Gasteiger partial charge in [-0.2, -0.15) is 0 Å². The molecule has 0 spiro atoms. The van der Waals surface area contributed by atoms with Gasteiger partial charge >= 0.3 is 0 Å². The second-order valence-electron chi connectivity index (χ2n) is 4.88. The van der Waals surface area contributed by atoms with Crippen LogP contribution >= 0.6 is 0 Å². The van der Waals surface area contributed by atoms with Gasteiger partial charge in [-0.05, 0) is 13.5 Å². The van der Waals surface area contributed by atoms with Gasteiger partial charge in [-0.1, -0.05) is 13.8 Å². The highest BCUT2D eigenvalue weighted by molar-refractivity contribution is 5.77. The smallest absolute Gasteiger partial charge is 0.222 e. The van der Waals surface area contributed by atoms with E-state index in [1.807, 2.05) is 20.9 Å². The van der Waals surface area contributed by atoms with E-state index in [0.717, 1.165) is 39.3 Å². The van der Waals surface area contributed by atoms with Crippen LogP contribution in [-0.2, 0) is 14.3 Å². The molecule has 0 aromatic carbocycles. The normalized spacial score (nSPS) is 11.0. The van der Waals surface area contributed by atoms with Gasteiger partial charge in [-0.25, -0.2) is 0 Å². The van der Waals surface area contributed by atoms with E-state index in [-0.39, 0.29) is 11.8 Å². The van der Waals surface area contributed by atoms with Gasteiger partial charge in [0.2, 0.25) is 5.91 Å². The molecule has 1 amide bonds. The fraction of sp³-hybridized carbons (Fsp3) is 0.929. The maximum absolute atomic E-state index is 11.3. The first-order valence-corrected chi connectivity index (χ1v) is 7.47. The van der Waals surface area contributed by atoms with Crippen molar-refractivity contribution in [1.29, 1.82) is 0 Å². The Balaban J connectivity index is 3.04. The summed E-state index contributed by atoms with van der Waals surface area (Å²) in [5.41, 5.74) is 0. The number of nitrogens with one attached hydrogen (secondary N) is 3. The summed E-state index contributed by atoms with van der Waals surface area (Å²) in [6.45, 7) is 9.86. The van der Waals surface area contributed by atoms with Crippen LogP contribution in [0.2, 0.25) is 0 Å². The van der Waals surface area contributed by atoms with Crippen molar-refractivity contribution in [1.82, 2.24) is 16.0 Å². The predicted octanol–water partition coefficient (Wildman–Crippen LogP) is -0.00910. The number of rotatable bonds is 14. The molecule has 0 radical (unpaired) electrons. The number of hydrogen-bond acceptors (Lipinski definition) is 5. The zero-order valence-corrected chi connectivity index (χ0v) is 13.2. The molecule has 0 aliphatic rings. The van der Waals surface area contributed by atoms with Gasteiger partial charge in [-0.3, -0.25) is 4.79 Å². The minimum Gasteiger partial charge on any atom is -0.380 e. The maximum Gasteiger partial charge on any atom is 0.222 e. The number of hydrogen-bond donors (Lipinski definition) is 3. The molecule has 0 bridgehead atoms. The third-order valence-electron chi connectivity index (χ3n) is 2.63. The maximum atomic E-state index is 11.3. The van der Waals surface area contributed by atoms with Crippen molar-refractivity contribution in [3.05, 3.63) is 0 Å². The fourth-order valence-corrected chi connectivity index (χ4v) is 1.38. The SMILES string of the molecule is CNCCOCCNCCOCCCNC(=O)C(C)C. The Morgan fingerprint density at radius 3 is 2.15 bits per heavy atom. The molecule has 0 saturated carbocycles. The van der Waals surface area contributed by atoms with Gasteiger partial charge in [0.15, 0.2) is 0 Å². The summed E-state index contributed by atoms with van der Waals surface area (Å²) in [6.07, 6.45) is 0.853. The van der Waals surface area contributed by atoms with E-state index in [4.69, 9.17) is 9.47 Å². The molecule has 0 heterocycles. The second kappa shape index (κ2) is 14.7. The van der Waals surface area contributed by atoms with Crippen LogP contribution in [0.5, 0.6) is 0 Å². The van der Waals surface area contributed by atoms with E-state index < -0.39 is 0 Å². The zero-order chi connectivity index (χ0) is 15.1. The minimum atomic E-state index is 0.0513. The molecule has 6 nitrogen and oxygen atoms in total. The number of likely N-dealkylation sites (N-methyl/N-ethyl adjacent to an activating group) is 1. The number of carbonyl (C=O) groups excluding carboxylic acids is 1. The van der Waals surface area contributed by atoms with Crippen LogP contribution in [-0.4, -0.2) is 65.6 Å². The van der Waals surface area contributed by atoms with Crippen molar-refractivity contribution in [2.75, 3.05) is 59.7 Å². The monoisotopic (exact) mass is 289 g/mol. The lowest BCUT2D eigenvalue weighted by Gasteiger charge is -2.08. The summed E-state index contributed by atoms with van der Waals surface area (Å²) in [7, 11) is 1.91. The van der Waals surface area contributed by atoms with E-state index in [1.165, 1.54) is 0 Å². The molecule has 6 heteroatoms. The van der Waals surface area contributed by atoms with Gasteiger partial charge in [-0.15, -0.1) is 0 Å². The van der Waals surface area contributed by atoms with E-state index in [1.54, 1.807) is 0 Å². The van der Waals surface area contributed by atoms with Crippen LogP contribution in [0.25, 0.3) is 0 Å². The Bertz CT molecular complexity index is 226. The van der Waals surface area contributed by atoms with Crippen molar-refractivity contribution in [3.63, 3.8) is 0 Å². The summed E-state index contributed by atoms with van der Waals surface area (Å²) in [5, 5.41) is 9.13. The van der Waals surface area contributed by atoms with Crippen molar-refractivity contribution in [3.8, 4) is 0 Å². The number of amides is 1. The van der Waals surface area contributed by atoms with Gasteiger partial charge in [0.25, 0.3) is 0 Å². The molecule has 0 unspecified atom stereocenters. The van der Waals surface area contributed by atoms with Crippen LogP contribution in [0, 0.1) is 5.92 Å². The Hall–Kier alpha value is -0.690. The van der Waals surface area contributed by atoms with Gasteiger partial charge < -0.3 is 25.4 Å². The minimum absolute atomic E-state index is 0.0513. The van der Waals surface area contributed by atoms with Crippen molar-refractivity contribution in [2.24, 2.45) is 5.92 Å². The highest BCUT2D eigenvalue weighted by atomic mass is 16.5. The molecule has 3 N–H and O–H groups in total. The third-order valence-corrected chi connectivity index (χ3v) is 2.63. The van der Waals surface area contributed by atoms with E-state index in [2.05, 4.69) is 16.0 Å². The first-order chi connectivity index (χ1) is 9.68. The average molecular weight is 289 g/mol. The molecule has 0 rings (SSSR count). The highest BCUT2D eigenvalue weighted by Crippen LogP contribution is 1.90. The third kappa shape index (κ3) is 13.7. The molecule has 0 aromatic heterocycles. The fourth-order valence-electron chi connectivity index (χ4n) is 1.38. The summed E-state index contributed by atoms with van der Waals surface area (Å²) in [6, 6.07) is 0. The van der Waals surface area contributed by atoms with Crippen LogP contribution in [0.15, 0.2) is 0 Å². The summed E-state index contributed by atoms with van der Waals surface area (Å²) < 4.78 is 10.8.